The lowest BCUT2D eigenvalue weighted by molar-refractivity contribution is -0.118. The lowest BCUT2D eigenvalue weighted by Gasteiger charge is -2.32. The Kier molecular flexibility index (Phi) is 6.46. The van der Waals surface area contributed by atoms with E-state index < -0.39 is 11.8 Å². The summed E-state index contributed by atoms with van der Waals surface area (Å²) >= 11 is 0. The number of piperidine rings is 1. The van der Waals surface area contributed by atoms with Crippen LogP contribution < -0.4 is 15.4 Å². The molecule has 1 aliphatic rings. The van der Waals surface area contributed by atoms with Crippen LogP contribution in [0.3, 0.4) is 0 Å². The number of anilines is 1. The molecule has 0 bridgehead atoms. The molecule has 2 aromatic carbocycles. The van der Waals surface area contributed by atoms with Crippen LogP contribution in [0, 0.1) is 5.92 Å². The van der Waals surface area contributed by atoms with Crippen molar-refractivity contribution in [2.75, 3.05) is 25.1 Å². The molecule has 6 nitrogen and oxygen atoms in total. The van der Waals surface area contributed by atoms with E-state index in [1.165, 1.54) is 5.56 Å². The first kappa shape index (κ1) is 20.8. The predicted molar refractivity (Wildman–Crippen MR) is 121 cm³/mol. The van der Waals surface area contributed by atoms with E-state index in [9.17, 15) is 4.79 Å². The highest BCUT2D eigenvalue weighted by atomic mass is 16.5. The Morgan fingerprint density at radius 2 is 1.74 bits per heavy atom. The van der Waals surface area contributed by atoms with Crippen LogP contribution in [0.2, 0.25) is 0 Å². The summed E-state index contributed by atoms with van der Waals surface area (Å²) in [6.45, 7) is 1.92. The number of ether oxygens (including phenoxy) is 1. The molecule has 1 aromatic heterocycles. The Bertz CT molecular complexity index is 982. The molecule has 1 atom stereocenters. The molecule has 6 heteroatoms. The lowest BCUT2D eigenvalue weighted by atomic mass is 9.90. The number of hydrogen-bond donors (Lipinski definition) is 1. The Hall–Kier alpha value is -3.41. The molecular weight excluding hydrogens is 388 g/mol. The smallest absolute Gasteiger partial charge is 0.231 e. The summed E-state index contributed by atoms with van der Waals surface area (Å²) in [6, 6.07) is 21.8. The van der Waals surface area contributed by atoms with Crippen LogP contribution in [-0.2, 0) is 11.2 Å². The van der Waals surface area contributed by atoms with Crippen LogP contribution >= 0.6 is 0 Å². The van der Waals surface area contributed by atoms with Gasteiger partial charge in [0.1, 0.15) is 11.7 Å². The van der Waals surface area contributed by atoms with E-state index in [1.54, 1.807) is 7.11 Å². The molecule has 0 saturated carbocycles. The zero-order valence-electron chi connectivity index (χ0n) is 17.8. The summed E-state index contributed by atoms with van der Waals surface area (Å²) in [5, 5.41) is 8.77. The summed E-state index contributed by atoms with van der Waals surface area (Å²) < 4.78 is 5.19. The van der Waals surface area contributed by atoms with Crippen molar-refractivity contribution in [3.05, 3.63) is 83.6 Å². The molecule has 2 heterocycles. The maximum absolute atomic E-state index is 12.1. The highest BCUT2D eigenvalue weighted by molar-refractivity contribution is 5.85. The van der Waals surface area contributed by atoms with Crippen molar-refractivity contribution in [1.82, 2.24) is 10.2 Å². The fourth-order valence-electron chi connectivity index (χ4n) is 4.25. The summed E-state index contributed by atoms with van der Waals surface area (Å²) in [4.78, 5) is 14.4. The molecule has 2 N–H and O–H groups in total. The minimum Gasteiger partial charge on any atom is -0.497 e. The standard InChI is InChI=1S/C25H28N4O2/c1-31-21-9-7-20(8-10-21)24(25(26)30)22-11-12-23(28-27-22)29-15-13-19(14-16-29)17-18-5-3-2-4-6-18/h2-12,19,24H,13-17H2,1H3,(H2,26,30). The molecule has 4 rings (SSSR count). The van der Waals surface area contributed by atoms with Crippen LogP contribution in [0.25, 0.3) is 0 Å². The zero-order chi connectivity index (χ0) is 21.6. The molecule has 31 heavy (non-hydrogen) atoms. The minimum atomic E-state index is -0.635. The molecule has 0 spiro atoms. The molecule has 1 saturated heterocycles. The largest absolute Gasteiger partial charge is 0.497 e. The van der Waals surface area contributed by atoms with E-state index >= 15 is 0 Å². The van der Waals surface area contributed by atoms with Crippen molar-refractivity contribution in [2.45, 2.75) is 25.2 Å². The molecule has 160 valence electrons. The van der Waals surface area contributed by atoms with Crippen LogP contribution in [0.15, 0.2) is 66.7 Å². The number of aromatic nitrogens is 2. The van der Waals surface area contributed by atoms with Crippen molar-refractivity contribution in [2.24, 2.45) is 11.7 Å². The fourth-order valence-corrected chi connectivity index (χ4v) is 4.25. The second-order valence-electron chi connectivity index (χ2n) is 8.05. The van der Waals surface area contributed by atoms with Gasteiger partial charge in [0.25, 0.3) is 0 Å². The summed E-state index contributed by atoms with van der Waals surface area (Å²) in [7, 11) is 1.61. The highest BCUT2D eigenvalue weighted by Crippen LogP contribution is 2.27. The van der Waals surface area contributed by atoms with Gasteiger partial charge in [-0.3, -0.25) is 4.79 Å². The number of carbonyl (C=O) groups excluding carboxylic acids is 1. The monoisotopic (exact) mass is 416 g/mol. The average molecular weight is 417 g/mol. The SMILES string of the molecule is COc1ccc(C(C(N)=O)c2ccc(N3CCC(Cc4ccccc4)CC3)nn2)cc1. The van der Waals surface area contributed by atoms with Gasteiger partial charge in [0.05, 0.1) is 12.8 Å². The predicted octanol–water partition coefficient (Wildman–Crippen LogP) is 3.56. The third-order valence-electron chi connectivity index (χ3n) is 6.01. The summed E-state index contributed by atoms with van der Waals surface area (Å²) in [5.41, 5.74) is 8.42. The van der Waals surface area contributed by atoms with E-state index in [4.69, 9.17) is 10.5 Å². The van der Waals surface area contributed by atoms with Gasteiger partial charge in [-0.25, -0.2) is 0 Å². The fraction of sp³-hybridized carbons (Fsp3) is 0.320. The molecule has 0 radical (unpaired) electrons. The van der Waals surface area contributed by atoms with Gasteiger partial charge in [0.15, 0.2) is 5.82 Å². The van der Waals surface area contributed by atoms with Gasteiger partial charge in [-0.15, -0.1) is 5.10 Å². The average Bonchev–Trinajstić information content (AvgIpc) is 2.81. The van der Waals surface area contributed by atoms with E-state index in [2.05, 4.69) is 45.4 Å². The first-order valence-electron chi connectivity index (χ1n) is 10.7. The quantitative estimate of drug-likeness (QED) is 0.637. The maximum Gasteiger partial charge on any atom is 0.231 e. The molecule has 0 aliphatic carbocycles. The topological polar surface area (TPSA) is 81.3 Å². The number of carbonyl (C=O) groups is 1. The van der Waals surface area contributed by atoms with Crippen LogP contribution in [0.1, 0.15) is 35.6 Å². The number of nitrogens with two attached hydrogens (primary N) is 1. The van der Waals surface area contributed by atoms with Gasteiger partial charge < -0.3 is 15.4 Å². The van der Waals surface area contributed by atoms with Crippen LogP contribution in [0.4, 0.5) is 5.82 Å². The highest BCUT2D eigenvalue weighted by Gasteiger charge is 2.24. The third-order valence-corrected chi connectivity index (χ3v) is 6.01. The summed E-state index contributed by atoms with van der Waals surface area (Å²) in [6.07, 6.45) is 3.39. The van der Waals surface area contributed by atoms with Crippen LogP contribution in [0.5, 0.6) is 5.75 Å². The number of rotatable bonds is 7. The number of methoxy groups -OCH3 is 1. The molecule has 1 fully saturated rings. The molecule has 1 amide bonds. The van der Waals surface area contributed by atoms with E-state index in [0.717, 1.165) is 49.5 Å². The minimum absolute atomic E-state index is 0.450. The van der Waals surface area contributed by atoms with Gasteiger partial charge in [-0.1, -0.05) is 42.5 Å². The maximum atomic E-state index is 12.1. The number of amides is 1. The van der Waals surface area contributed by atoms with Crippen LogP contribution in [-0.4, -0.2) is 36.3 Å². The second kappa shape index (κ2) is 9.60. The van der Waals surface area contributed by atoms with Crippen molar-refractivity contribution in [3.8, 4) is 5.75 Å². The Morgan fingerprint density at radius 1 is 1.03 bits per heavy atom. The Balaban J connectivity index is 1.41. The Morgan fingerprint density at radius 3 is 2.32 bits per heavy atom. The molecular formula is C25H28N4O2. The number of nitrogens with zero attached hydrogens (tertiary/aromatic N) is 3. The van der Waals surface area contributed by atoms with Gasteiger partial charge >= 0.3 is 0 Å². The zero-order valence-corrected chi connectivity index (χ0v) is 17.8. The van der Waals surface area contributed by atoms with Gasteiger partial charge in [0, 0.05) is 13.1 Å². The normalized spacial score (nSPS) is 15.5. The van der Waals surface area contributed by atoms with E-state index in [0.29, 0.717) is 11.6 Å². The third kappa shape index (κ3) is 5.02. The molecule has 3 aromatic rings. The van der Waals surface area contributed by atoms with Crippen molar-refractivity contribution < 1.29 is 9.53 Å². The number of hydrogen-bond acceptors (Lipinski definition) is 5. The number of benzene rings is 2. The second-order valence-corrected chi connectivity index (χ2v) is 8.05. The summed E-state index contributed by atoms with van der Waals surface area (Å²) in [5.74, 6) is 1.18. The first-order valence-corrected chi connectivity index (χ1v) is 10.7. The van der Waals surface area contributed by atoms with E-state index in [-0.39, 0.29) is 0 Å². The van der Waals surface area contributed by atoms with Gasteiger partial charge in [-0.05, 0) is 60.6 Å². The number of primary amides is 1. The molecule has 1 aliphatic heterocycles. The van der Waals surface area contributed by atoms with Gasteiger partial charge in [-0.2, -0.15) is 5.10 Å². The van der Waals surface area contributed by atoms with Crippen molar-refractivity contribution in [1.29, 1.82) is 0 Å². The molecule has 1 unspecified atom stereocenters. The van der Waals surface area contributed by atoms with Crippen molar-refractivity contribution >= 4 is 11.7 Å². The lowest BCUT2D eigenvalue weighted by Crippen LogP contribution is -2.35. The van der Waals surface area contributed by atoms with E-state index in [1.807, 2.05) is 36.4 Å². The van der Waals surface area contributed by atoms with Crippen molar-refractivity contribution in [3.63, 3.8) is 0 Å². The first-order chi connectivity index (χ1) is 15.1. The Labute approximate surface area is 183 Å². The van der Waals surface area contributed by atoms with Gasteiger partial charge in [0.2, 0.25) is 5.91 Å².